The van der Waals surface area contributed by atoms with Gasteiger partial charge in [0.15, 0.2) is 0 Å². The number of nitrogens with one attached hydrogen (secondary N) is 1. The Bertz CT molecular complexity index is 512. The maximum absolute atomic E-state index is 11.1. The van der Waals surface area contributed by atoms with Crippen molar-refractivity contribution in [3.63, 3.8) is 0 Å². The van der Waals surface area contributed by atoms with Crippen LogP contribution < -0.4 is 10.5 Å². The van der Waals surface area contributed by atoms with Gasteiger partial charge in [-0.2, -0.15) is 0 Å². The Morgan fingerprint density at radius 2 is 2.26 bits per heavy atom. The van der Waals surface area contributed by atoms with Crippen LogP contribution in [0.25, 0.3) is 0 Å². The van der Waals surface area contributed by atoms with Crippen molar-refractivity contribution in [1.82, 2.24) is 10.2 Å². The predicted molar refractivity (Wildman–Crippen MR) is 72.1 cm³/mol. The summed E-state index contributed by atoms with van der Waals surface area (Å²) in [6.07, 6.45) is 3.74. The lowest BCUT2D eigenvalue weighted by Crippen LogP contribution is -2.42. The molecule has 0 aromatic carbocycles. The van der Waals surface area contributed by atoms with Gasteiger partial charge in [0.05, 0.1) is 6.54 Å². The van der Waals surface area contributed by atoms with Crippen LogP contribution in [0.1, 0.15) is 25.0 Å². The van der Waals surface area contributed by atoms with Crippen LogP contribution in [0.4, 0.5) is 0 Å². The highest BCUT2D eigenvalue weighted by Crippen LogP contribution is 2.15. The molecule has 1 aliphatic rings. The molecule has 0 saturated carbocycles. The van der Waals surface area contributed by atoms with Crippen molar-refractivity contribution >= 4 is 10.0 Å². The largest absolute Gasteiger partial charge is 0.447 e. The summed E-state index contributed by atoms with van der Waals surface area (Å²) >= 11 is 0. The fraction of sp³-hybridized carbons (Fsp3) is 0.667. The maximum atomic E-state index is 11.1. The number of hydrogen-bond acceptors (Lipinski definition) is 5. The highest BCUT2D eigenvalue weighted by molar-refractivity contribution is 7.89. The molecular formula is C12H21N3O3S. The molecule has 1 aromatic rings. The van der Waals surface area contributed by atoms with Gasteiger partial charge in [-0.05, 0) is 38.6 Å². The van der Waals surface area contributed by atoms with Crippen molar-refractivity contribution in [1.29, 1.82) is 0 Å². The number of likely N-dealkylation sites (N-methyl/N-ethyl adjacent to an activating group) is 1. The minimum Gasteiger partial charge on any atom is -0.447 e. The lowest BCUT2D eigenvalue weighted by atomic mass is 10.0. The van der Waals surface area contributed by atoms with Gasteiger partial charge in [-0.3, -0.25) is 0 Å². The van der Waals surface area contributed by atoms with Crippen LogP contribution in [-0.2, 0) is 16.6 Å². The standard InChI is InChI=1S/C12H21N3O3S/c1-15-7-3-2-4-10(15)8-14-9-11-5-6-12(18-11)19(13,16)17/h5-6,10,14H,2-4,7-9H2,1H3,(H2,13,16,17). The van der Waals surface area contributed by atoms with Gasteiger partial charge in [0.1, 0.15) is 5.76 Å². The summed E-state index contributed by atoms with van der Waals surface area (Å²) in [5.74, 6) is 0.586. The van der Waals surface area contributed by atoms with E-state index >= 15 is 0 Å². The van der Waals surface area contributed by atoms with Crippen molar-refractivity contribution in [3.05, 3.63) is 17.9 Å². The Labute approximate surface area is 114 Å². The maximum Gasteiger partial charge on any atom is 0.271 e. The minimum atomic E-state index is -3.74. The summed E-state index contributed by atoms with van der Waals surface area (Å²) in [5.41, 5.74) is 0. The highest BCUT2D eigenvalue weighted by atomic mass is 32.2. The third-order valence-electron chi connectivity index (χ3n) is 3.52. The molecule has 19 heavy (non-hydrogen) atoms. The van der Waals surface area contributed by atoms with Gasteiger partial charge in [-0.25, -0.2) is 13.6 Å². The molecule has 3 N–H and O–H groups in total. The number of nitrogens with two attached hydrogens (primary N) is 1. The summed E-state index contributed by atoms with van der Waals surface area (Å²) in [7, 11) is -1.60. The number of sulfonamides is 1. The van der Waals surface area contributed by atoms with E-state index in [0.29, 0.717) is 18.3 Å². The minimum absolute atomic E-state index is 0.181. The van der Waals surface area contributed by atoms with Gasteiger partial charge in [0, 0.05) is 12.6 Å². The summed E-state index contributed by atoms with van der Waals surface area (Å²) in [6, 6.07) is 3.57. The van der Waals surface area contributed by atoms with Crippen LogP contribution in [0.3, 0.4) is 0 Å². The number of rotatable bonds is 5. The molecule has 7 heteroatoms. The first kappa shape index (κ1) is 14.5. The van der Waals surface area contributed by atoms with E-state index < -0.39 is 10.0 Å². The van der Waals surface area contributed by atoms with Crippen molar-refractivity contribution in [2.24, 2.45) is 5.14 Å². The van der Waals surface area contributed by atoms with E-state index in [0.717, 1.165) is 13.1 Å². The first-order chi connectivity index (χ1) is 8.97. The van der Waals surface area contributed by atoms with Crippen molar-refractivity contribution in [2.75, 3.05) is 20.1 Å². The molecule has 1 unspecified atom stereocenters. The zero-order valence-corrected chi connectivity index (χ0v) is 11.9. The first-order valence-electron chi connectivity index (χ1n) is 6.49. The molecule has 1 aliphatic heterocycles. The summed E-state index contributed by atoms with van der Waals surface area (Å²) in [4.78, 5) is 2.36. The molecule has 1 fully saturated rings. The molecule has 108 valence electrons. The normalized spacial score (nSPS) is 21.7. The van der Waals surface area contributed by atoms with Gasteiger partial charge in [-0.1, -0.05) is 6.42 Å². The van der Waals surface area contributed by atoms with Gasteiger partial charge in [-0.15, -0.1) is 0 Å². The number of likely N-dealkylation sites (tertiary alicyclic amines) is 1. The molecule has 0 radical (unpaired) electrons. The van der Waals surface area contributed by atoms with Crippen LogP contribution in [0.2, 0.25) is 0 Å². The second kappa shape index (κ2) is 6.04. The smallest absolute Gasteiger partial charge is 0.271 e. The van der Waals surface area contributed by atoms with Gasteiger partial charge in [0.25, 0.3) is 10.0 Å². The molecule has 0 spiro atoms. The average Bonchev–Trinajstić information content (AvgIpc) is 2.80. The number of piperidine rings is 1. The quantitative estimate of drug-likeness (QED) is 0.823. The topological polar surface area (TPSA) is 88.6 Å². The number of hydrogen-bond donors (Lipinski definition) is 2. The molecule has 2 rings (SSSR count). The second-order valence-electron chi connectivity index (χ2n) is 5.03. The van der Waals surface area contributed by atoms with E-state index in [-0.39, 0.29) is 5.09 Å². The third kappa shape index (κ3) is 4.04. The van der Waals surface area contributed by atoms with Crippen molar-refractivity contribution < 1.29 is 12.8 Å². The second-order valence-corrected chi connectivity index (χ2v) is 6.52. The molecule has 0 aliphatic carbocycles. The SMILES string of the molecule is CN1CCCCC1CNCc1ccc(S(N)(=O)=O)o1. The Morgan fingerprint density at radius 1 is 1.47 bits per heavy atom. The summed E-state index contributed by atoms with van der Waals surface area (Å²) in [5, 5.41) is 8.10. The van der Waals surface area contributed by atoms with E-state index in [9.17, 15) is 8.42 Å². The van der Waals surface area contributed by atoms with E-state index in [1.807, 2.05) is 0 Å². The van der Waals surface area contributed by atoms with E-state index in [4.69, 9.17) is 9.56 Å². The lowest BCUT2D eigenvalue weighted by Gasteiger charge is -2.32. The fourth-order valence-corrected chi connectivity index (χ4v) is 2.85. The Kier molecular flexibility index (Phi) is 4.62. The van der Waals surface area contributed by atoms with Crippen LogP contribution >= 0.6 is 0 Å². The monoisotopic (exact) mass is 287 g/mol. The summed E-state index contributed by atoms with van der Waals surface area (Å²) < 4.78 is 27.3. The molecule has 0 amide bonds. The Hall–Kier alpha value is -0.890. The molecule has 1 aromatic heterocycles. The van der Waals surface area contributed by atoms with Gasteiger partial charge in [0.2, 0.25) is 5.09 Å². The highest BCUT2D eigenvalue weighted by Gasteiger charge is 2.18. The van der Waals surface area contributed by atoms with Gasteiger partial charge < -0.3 is 14.6 Å². The van der Waals surface area contributed by atoms with Crippen molar-refractivity contribution in [2.45, 2.75) is 36.9 Å². The van der Waals surface area contributed by atoms with Crippen LogP contribution in [0.5, 0.6) is 0 Å². The molecular weight excluding hydrogens is 266 g/mol. The molecule has 1 saturated heterocycles. The number of primary sulfonamides is 1. The molecule has 0 bridgehead atoms. The van der Waals surface area contributed by atoms with Crippen LogP contribution in [-0.4, -0.2) is 39.5 Å². The van der Waals surface area contributed by atoms with E-state index in [1.54, 1.807) is 6.07 Å². The summed E-state index contributed by atoms with van der Waals surface area (Å²) in [6.45, 7) is 2.53. The van der Waals surface area contributed by atoms with Gasteiger partial charge >= 0.3 is 0 Å². The van der Waals surface area contributed by atoms with E-state index in [2.05, 4.69) is 17.3 Å². The van der Waals surface area contributed by atoms with Crippen molar-refractivity contribution in [3.8, 4) is 0 Å². The molecule has 2 heterocycles. The zero-order chi connectivity index (χ0) is 13.9. The first-order valence-corrected chi connectivity index (χ1v) is 8.04. The predicted octanol–water partition coefficient (Wildman–Crippen LogP) is 0.501. The third-order valence-corrected chi connectivity index (χ3v) is 4.30. The average molecular weight is 287 g/mol. The molecule has 6 nitrogen and oxygen atoms in total. The number of nitrogens with zero attached hydrogens (tertiary/aromatic N) is 1. The van der Waals surface area contributed by atoms with Crippen LogP contribution in [0.15, 0.2) is 21.6 Å². The molecule has 1 atom stereocenters. The Morgan fingerprint density at radius 3 is 2.89 bits per heavy atom. The fourth-order valence-electron chi connectivity index (χ4n) is 2.37. The zero-order valence-electron chi connectivity index (χ0n) is 11.1. The Balaban J connectivity index is 1.81. The van der Waals surface area contributed by atoms with E-state index in [1.165, 1.54) is 25.3 Å². The number of furan rings is 1. The van der Waals surface area contributed by atoms with Crippen LogP contribution in [0, 0.1) is 0 Å². The lowest BCUT2D eigenvalue weighted by molar-refractivity contribution is 0.180.